The number of piperidine rings is 1. The topological polar surface area (TPSA) is 102 Å². The molecule has 7 nitrogen and oxygen atoms in total. The van der Waals surface area contributed by atoms with Crippen LogP contribution in [0.2, 0.25) is 0 Å². The van der Waals surface area contributed by atoms with Crippen LogP contribution in [0, 0.1) is 5.92 Å². The first kappa shape index (κ1) is 37.6. The standard InChI is InChI=1S/C34H37NO4.C8H10FNO/c1-23(34(36)37)21-26-11-7-13-29-28(26)12-8-14-30(29)32-31(38-2)16-15-27(33(32)39-3)22-35-19-17-25(18-20-35)24-9-5-4-6-10-24;1-4-6(9)7(5(2)3)8(10)11/h4-16,23,25H,17-22H2,1-3H3,(H,36,37);4H,1-2H2,3H3,(H2,10,11)/b;7-6-. The molecule has 262 valence electrons. The molecule has 1 saturated heterocycles. The highest BCUT2D eigenvalue weighted by molar-refractivity contribution is 6.01. The van der Waals surface area contributed by atoms with Crippen LogP contribution in [0.25, 0.3) is 21.9 Å². The van der Waals surface area contributed by atoms with Gasteiger partial charge in [-0.3, -0.25) is 14.5 Å². The second-order valence-corrected chi connectivity index (χ2v) is 12.6. The monoisotopic (exact) mass is 678 g/mol. The van der Waals surface area contributed by atoms with Crippen molar-refractivity contribution < 1.29 is 28.6 Å². The molecule has 4 aromatic rings. The number of methoxy groups -OCH3 is 2. The third kappa shape index (κ3) is 8.87. The molecule has 4 aromatic carbocycles. The number of carbonyl (C=O) groups excluding carboxylic acids is 1. The summed E-state index contributed by atoms with van der Waals surface area (Å²) in [4.78, 5) is 24.6. The number of aliphatic carboxylic acids is 1. The van der Waals surface area contributed by atoms with Crippen molar-refractivity contribution in [3.63, 3.8) is 0 Å². The van der Waals surface area contributed by atoms with Gasteiger partial charge in [0.2, 0.25) is 0 Å². The van der Waals surface area contributed by atoms with Crippen molar-refractivity contribution >= 4 is 22.6 Å². The molecule has 0 aromatic heterocycles. The minimum Gasteiger partial charge on any atom is -0.496 e. The molecule has 1 atom stereocenters. The average Bonchev–Trinajstić information content (AvgIpc) is 3.11. The molecule has 1 amide bonds. The summed E-state index contributed by atoms with van der Waals surface area (Å²) >= 11 is 0. The molecular weight excluding hydrogens is 631 g/mol. The van der Waals surface area contributed by atoms with E-state index in [0.29, 0.717) is 17.9 Å². The van der Waals surface area contributed by atoms with Gasteiger partial charge in [-0.1, -0.05) is 92.9 Å². The van der Waals surface area contributed by atoms with Crippen LogP contribution in [0.3, 0.4) is 0 Å². The highest BCUT2D eigenvalue weighted by Gasteiger charge is 2.24. The van der Waals surface area contributed by atoms with E-state index in [1.807, 2.05) is 24.3 Å². The second kappa shape index (κ2) is 17.4. The number of carbonyl (C=O) groups is 2. The van der Waals surface area contributed by atoms with Gasteiger partial charge in [0.15, 0.2) is 0 Å². The smallest absolute Gasteiger partial charge is 0.306 e. The number of carboxylic acids is 1. The molecular formula is C42H47FN2O5. The Hall–Kier alpha value is -5.21. The van der Waals surface area contributed by atoms with E-state index in [4.69, 9.17) is 15.2 Å². The summed E-state index contributed by atoms with van der Waals surface area (Å²) in [6.07, 6.45) is 3.70. The highest BCUT2D eigenvalue weighted by Crippen LogP contribution is 2.45. The minimum atomic E-state index is -0.824. The fourth-order valence-electron chi connectivity index (χ4n) is 6.60. The number of nitrogens with two attached hydrogens (primary N) is 1. The third-order valence-corrected chi connectivity index (χ3v) is 9.20. The number of likely N-dealkylation sites (tertiary alicyclic amines) is 1. The number of ether oxygens (including phenoxy) is 2. The molecule has 50 heavy (non-hydrogen) atoms. The van der Waals surface area contributed by atoms with Gasteiger partial charge in [0.05, 0.1) is 31.3 Å². The van der Waals surface area contributed by atoms with Crippen molar-refractivity contribution in [3.8, 4) is 22.6 Å². The lowest BCUT2D eigenvalue weighted by Crippen LogP contribution is -2.32. The van der Waals surface area contributed by atoms with Crippen LogP contribution in [0.5, 0.6) is 11.5 Å². The molecule has 0 radical (unpaired) electrons. The SMILES string of the molecule is C=C/C(F)=C(\C(=C)C)C(N)=O.COc1ccc(CN2CCC(c3ccccc3)CC2)c(OC)c1-c1cccc2c(CC(C)C(=O)O)cccc12. The van der Waals surface area contributed by atoms with Gasteiger partial charge in [-0.05, 0) is 90.4 Å². The van der Waals surface area contributed by atoms with Gasteiger partial charge in [0.25, 0.3) is 5.91 Å². The molecule has 0 spiro atoms. The lowest BCUT2D eigenvalue weighted by molar-refractivity contribution is -0.141. The predicted molar refractivity (Wildman–Crippen MR) is 199 cm³/mol. The van der Waals surface area contributed by atoms with Gasteiger partial charge in [-0.25, -0.2) is 4.39 Å². The van der Waals surface area contributed by atoms with Crippen molar-refractivity contribution in [1.82, 2.24) is 4.90 Å². The van der Waals surface area contributed by atoms with Crippen molar-refractivity contribution in [2.75, 3.05) is 27.3 Å². The minimum absolute atomic E-state index is 0.194. The zero-order valence-electron chi connectivity index (χ0n) is 29.4. The van der Waals surface area contributed by atoms with E-state index in [2.05, 4.69) is 72.7 Å². The molecule has 1 aliphatic heterocycles. The zero-order chi connectivity index (χ0) is 36.4. The summed E-state index contributed by atoms with van der Waals surface area (Å²) < 4.78 is 24.6. The summed E-state index contributed by atoms with van der Waals surface area (Å²) in [5.74, 6) is -0.597. The normalized spacial score (nSPS) is 14.5. The third-order valence-electron chi connectivity index (χ3n) is 9.20. The summed E-state index contributed by atoms with van der Waals surface area (Å²) in [6, 6.07) is 27.3. The van der Waals surface area contributed by atoms with Gasteiger partial charge in [-0.2, -0.15) is 0 Å². The number of primary amides is 1. The van der Waals surface area contributed by atoms with Gasteiger partial charge in [-0.15, -0.1) is 0 Å². The maximum atomic E-state index is 12.7. The first-order valence-electron chi connectivity index (χ1n) is 16.7. The first-order chi connectivity index (χ1) is 24.0. The summed E-state index contributed by atoms with van der Waals surface area (Å²) in [5.41, 5.74) is 10.5. The number of hydrogen-bond acceptors (Lipinski definition) is 5. The number of benzene rings is 4. The molecule has 5 rings (SSSR count). The van der Waals surface area contributed by atoms with Crippen LogP contribution >= 0.6 is 0 Å². The van der Waals surface area contributed by atoms with E-state index >= 15 is 0 Å². The van der Waals surface area contributed by atoms with Gasteiger partial charge >= 0.3 is 5.97 Å². The molecule has 3 N–H and O–H groups in total. The number of amides is 1. The molecule has 8 heteroatoms. The Morgan fingerprint density at radius 2 is 1.62 bits per heavy atom. The van der Waals surface area contributed by atoms with Crippen LogP contribution in [-0.2, 0) is 22.6 Å². The lowest BCUT2D eigenvalue weighted by atomic mass is 9.89. The Morgan fingerprint density at radius 3 is 2.18 bits per heavy atom. The molecule has 1 fully saturated rings. The van der Waals surface area contributed by atoms with Crippen molar-refractivity contribution in [2.24, 2.45) is 11.7 Å². The number of fused-ring (bicyclic) bond motifs is 1. The summed E-state index contributed by atoms with van der Waals surface area (Å²) in [6.45, 7) is 12.7. The predicted octanol–water partition coefficient (Wildman–Crippen LogP) is 8.62. The fourth-order valence-corrected chi connectivity index (χ4v) is 6.60. The van der Waals surface area contributed by atoms with Gasteiger partial charge in [0.1, 0.15) is 17.3 Å². The maximum Gasteiger partial charge on any atom is 0.306 e. The molecule has 0 saturated carbocycles. The highest BCUT2D eigenvalue weighted by atomic mass is 19.1. The number of nitrogens with zero attached hydrogens (tertiary/aromatic N) is 1. The van der Waals surface area contributed by atoms with Crippen molar-refractivity contribution in [3.05, 3.63) is 132 Å². The van der Waals surface area contributed by atoms with E-state index in [-0.39, 0.29) is 5.57 Å². The van der Waals surface area contributed by atoms with Crippen molar-refractivity contribution in [2.45, 2.75) is 45.6 Å². The van der Waals surface area contributed by atoms with E-state index in [0.717, 1.165) is 83.1 Å². The second-order valence-electron chi connectivity index (χ2n) is 12.6. The Balaban J connectivity index is 0.000000442. The van der Waals surface area contributed by atoms with Crippen LogP contribution in [0.4, 0.5) is 4.39 Å². The fraction of sp³-hybridized carbons (Fsp3) is 0.286. The van der Waals surface area contributed by atoms with E-state index in [9.17, 15) is 19.1 Å². The Morgan fingerprint density at radius 1 is 0.960 bits per heavy atom. The van der Waals surface area contributed by atoms with Gasteiger partial charge in [0, 0.05) is 12.1 Å². The molecule has 1 unspecified atom stereocenters. The zero-order valence-corrected chi connectivity index (χ0v) is 29.4. The number of allylic oxidation sites excluding steroid dienone is 2. The Kier molecular flexibility index (Phi) is 13.1. The largest absolute Gasteiger partial charge is 0.496 e. The molecule has 1 aliphatic rings. The summed E-state index contributed by atoms with van der Waals surface area (Å²) in [5, 5.41) is 11.6. The van der Waals surface area contributed by atoms with E-state index < -0.39 is 23.6 Å². The number of hydrogen-bond donors (Lipinski definition) is 2. The van der Waals surface area contributed by atoms with E-state index in [1.165, 1.54) is 12.5 Å². The Labute approximate surface area is 294 Å². The van der Waals surface area contributed by atoms with Crippen molar-refractivity contribution in [1.29, 1.82) is 0 Å². The first-order valence-corrected chi connectivity index (χ1v) is 16.7. The number of halogens is 1. The van der Waals surface area contributed by atoms with Gasteiger partial charge < -0.3 is 20.3 Å². The molecule has 1 heterocycles. The van der Waals surface area contributed by atoms with Crippen LogP contribution in [0.15, 0.2) is 115 Å². The molecule has 0 aliphatic carbocycles. The molecule has 0 bridgehead atoms. The van der Waals surface area contributed by atoms with Crippen LogP contribution in [0.1, 0.15) is 49.3 Å². The number of rotatable bonds is 12. The Bertz CT molecular complexity index is 1860. The average molecular weight is 679 g/mol. The van der Waals surface area contributed by atoms with E-state index in [1.54, 1.807) is 21.1 Å². The maximum absolute atomic E-state index is 12.7. The summed E-state index contributed by atoms with van der Waals surface area (Å²) in [7, 11) is 3.42. The number of carboxylic acid groups (broad SMARTS) is 1. The van der Waals surface area contributed by atoms with Crippen LogP contribution in [-0.4, -0.2) is 49.2 Å². The quantitative estimate of drug-likeness (QED) is 0.115. The lowest BCUT2D eigenvalue weighted by Gasteiger charge is -2.32. The van der Waals surface area contributed by atoms with Crippen LogP contribution < -0.4 is 15.2 Å².